The average Bonchev–Trinajstić information content (AvgIpc) is 2.86. The second-order valence-corrected chi connectivity index (χ2v) is 4.33. The maximum absolute atomic E-state index is 5.69. The number of pyridine rings is 1. The Bertz CT molecular complexity index is 700. The average molecular weight is 254 g/mol. The number of benzene rings is 1. The van der Waals surface area contributed by atoms with Crippen LogP contribution in [0, 0.1) is 0 Å². The largest absolute Gasteiger partial charge is 0.271 e. The second kappa shape index (κ2) is 4.75. The van der Waals surface area contributed by atoms with E-state index in [1.807, 2.05) is 43.6 Å². The monoisotopic (exact) mass is 254 g/mol. The fraction of sp³-hybridized carbons (Fsp3) is 0.154. The van der Waals surface area contributed by atoms with Gasteiger partial charge in [0.05, 0.1) is 17.8 Å². The lowest BCUT2D eigenvalue weighted by molar-refractivity contribution is 0.621. The number of aromatic nitrogens is 4. The molecule has 96 valence electrons. The van der Waals surface area contributed by atoms with Crippen LogP contribution in [0.1, 0.15) is 17.3 Å². The Labute approximate surface area is 110 Å². The molecule has 19 heavy (non-hydrogen) atoms. The predicted octanol–water partition coefficient (Wildman–Crippen LogP) is 0.916. The molecule has 0 spiro atoms. The van der Waals surface area contributed by atoms with Gasteiger partial charge in [-0.15, -0.1) is 5.10 Å². The minimum absolute atomic E-state index is 0.207. The van der Waals surface area contributed by atoms with Crippen LogP contribution in [0.2, 0.25) is 0 Å². The van der Waals surface area contributed by atoms with Gasteiger partial charge in [-0.25, -0.2) is 5.43 Å². The highest BCUT2D eigenvalue weighted by Gasteiger charge is 2.18. The molecule has 0 aliphatic carbocycles. The van der Waals surface area contributed by atoms with Crippen molar-refractivity contribution in [2.45, 2.75) is 6.04 Å². The van der Waals surface area contributed by atoms with E-state index in [0.717, 1.165) is 22.2 Å². The summed E-state index contributed by atoms with van der Waals surface area (Å²) in [7, 11) is 1.83. The number of nitrogens with one attached hydrogen (secondary N) is 1. The smallest absolute Gasteiger partial charge is 0.105 e. The number of rotatable bonds is 3. The number of aryl methyl sites for hydroxylation is 1. The topological polar surface area (TPSA) is 81.7 Å². The quantitative estimate of drug-likeness (QED) is 0.536. The molecule has 0 bridgehead atoms. The third-order valence-electron chi connectivity index (χ3n) is 3.07. The molecule has 1 unspecified atom stereocenters. The lowest BCUT2D eigenvalue weighted by Gasteiger charge is -2.15. The van der Waals surface area contributed by atoms with Crippen molar-refractivity contribution >= 4 is 10.9 Å². The van der Waals surface area contributed by atoms with Gasteiger partial charge in [0, 0.05) is 18.6 Å². The number of hydrogen-bond donors (Lipinski definition) is 2. The van der Waals surface area contributed by atoms with Crippen molar-refractivity contribution in [3.8, 4) is 0 Å². The van der Waals surface area contributed by atoms with Crippen LogP contribution in [0.5, 0.6) is 0 Å². The highest BCUT2D eigenvalue weighted by molar-refractivity contribution is 5.82. The van der Waals surface area contributed by atoms with Crippen molar-refractivity contribution in [3.63, 3.8) is 0 Å². The van der Waals surface area contributed by atoms with Gasteiger partial charge in [0.2, 0.25) is 0 Å². The standard InChI is InChI=1S/C13H14N6/c1-19-8-12(17-18-19)13(16-14)10-4-2-6-11-9(10)5-3-7-15-11/h2-8,13,16H,14H2,1H3. The van der Waals surface area contributed by atoms with Gasteiger partial charge >= 0.3 is 0 Å². The van der Waals surface area contributed by atoms with E-state index in [-0.39, 0.29) is 6.04 Å². The zero-order valence-electron chi connectivity index (χ0n) is 10.5. The lowest BCUT2D eigenvalue weighted by Crippen LogP contribution is -2.29. The van der Waals surface area contributed by atoms with Crippen LogP contribution in [-0.4, -0.2) is 20.0 Å². The van der Waals surface area contributed by atoms with E-state index >= 15 is 0 Å². The summed E-state index contributed by atoms with van der Waals surface area (Å²) in [5, 5.41) is 9.12. The Morgan fingerprint density at radius 3 is 2.89 bits per heavy atom. The minimum Gasteiger partial charge on any atom is -0.271 e. The van der Waals surface area contributed by atoms with Gasteiger partial charge in [-0.05, 0) is 17.7 Å². The molecule has 3 N–H and O–H groups in total. The normalized spacial score (nSPS) is 12.7. The van der Waals surface area contributed by atoms with E-state index in [4.69, 9.17) is 5.84 Å². The van der Waals surface area contributed by atoms with Gasteiger partial charge in [0.1, 0.15) is 5.69 Å². The molecule has 6 nitrogen and oxygen atoms in total. The van der Waals surface area contributed by atoms with E-state index in [1.54, 1.807) is 10.9 Å². The van der Waals surface area contributed by atoms with Crippen LogP contribution < -0.4 is 11.3 Å². The molecule has 0 fully saturated rings. The van der Waals surface area contributed by atoms with Crippen molar-refractivity contribution in [3.05, 3.63) is 54.0 Å². The lowest BCUT2D eigenvalue weighted by atomic mass is 10.00. The van der Waals surface area contributed by atoms with Gasteiger partial charge < -0.3 is 0 Å². The summed E-state index contributed by atoms with van der Waals surface area (Å²) in [4.78, 5) is 4.35. The summed E-state index contributed by atoms with van der Waals surface area (Å²) in [6, 6.07) is 9.69. The van der Waals surface area contributed by atoms with Gasteiger partial charge in [0.15, 0.2) is 0 Å². The summed E-state index contributed by atoms with van der Waals surface area (Å²) in [6.45, 7) is 0. The predicted molar refractivity (Wildman–Crippen MR) is 71.9 cm³/mol. The van der Waals surface area contributed by atoms with Gasteiger partial charge in [-0.1, -0.05) is 23.4 Å². The van der Waals surface area contributed by atoms with Crippen LogP contribution in [-0.2, 0) is 7.05 Å². The van der Waals surface area contributed by atoms with Crippen molar-refractivity contribution < 1.29 is 0 Å². The second-order valence-electron chi connectivity index (χ2n) is 4.33. The maximum Gasteiger partial charge on any atom is 0.105 e. The van der Waals surface area contributed by atoms with E-state index in [1.165, 1.54) is 0 Å². The molecule has 0 aliphatic rings. The zero-order valence-corrected chi connectivity index (χ0v) is 10.5. The Balaban J connectivity index is 2.16. The number of hydrazine groups is 1. The third kappa shape index (κ3) is 2.07. The number of fused-ring (bicyclic) bond motifs is 1. The van der Waals surface area contributed by atoms with Crippen LogP contribution in [0.15, 0.2) is 42.7 Å². The summed E-state index contributed by atoms with van der Waals surface area (Å²) in [6.07, 6.45) is 3.62. The Hall–Kier alpha value is -2.31. The first-order valence-electron chi connectivity index (χ1n) is 5.95. The van der Waals surface area contributed by atoms with Crippen LogP contribution in [0.25, 0.3) is 10.9 Å². The SMILES string of the molecule is Cn1cc(C(NN)c2cccc3ncccc23)nn1. The number of nitrogens with zero attached hydrogens (tertiary/aromatic N) is 4. The Morgan fingerprint density at radius 2 is 2.16 bits per heavy atom. The number of hydrogen-bond acceptors (Lipinski definition) is 5. The summed E-state index contributed by atoms with van der Waals surface area (Å²) < 4.78 is 1.66. The molecule has 0 saturated heterocycles. The first-order valence-corrected chi connectivity index (χ1v) is 5.95. The Morgan fingerprint density at radius 1 is 1.26 bits per heavy atom. The maximum atomic E-state index is 5.69. The van der Waals surface area contributed by atoms with Gasteiger partial charge in [-0.3, -0.25) is 15.5 Å². The molecule has 6 heteroatoms. The summed E-state index contributed by atoms with van der Waals surface area (Å²) in [5.41, 5.74) is 5.55. The van der Waals surface area contributed by atoms with Crippen LogP contribution in [0.4, 0.5) is 0 Å². The van der Waals surface area contributed by atoms with Crippen molar-refractivity contribution in [1.82, 2.24) is 25.4 Å². The van der Waals surface area contributed by atoms with E-state index in [9.17, 15) is 0 Å². The van der Waals surface area contributed by atoms with Crippen LogP contribution in [0.3, 0.4) is 0 Å². The van der Waals surface area contributed by atoms with Crippen molar-refractivity contribution in [2.75, 3.05) is 0 Å². The fourth-order valence-corrected chi connectivity index (χ4v) is 2.21. The van der Waals surface area contributed by atoms with Crippen LogP contribution >= 0.6 is 0 Å². The van der Waals surface area contributed by atoms with Crippen molar-refractivity contribution in [2.24, 2.45) is 12.9 Å². The molecule has 0 amide bonds. The fourth-order valence-electron chi connectivity index (χ4n) is 2.21. The Kier molecular flexibility index (Phi) is 2.94. The summed E-state index contributed by atoms with van der Waals surface area (Å²) in [5.74, 6) is 5.69. The first-order chi connectivity index (χ1) is 9.29. The molecule has 0 saturated carbocycles. The molecule has 3 rings (SSSR count). The molecule has 1 atom stereocenters. The molecule has 2 heterocycles. The molecule has 0 aliphatic heterocycles. The molecule has 2 aromatic heterocycles. The molecule has 3 aromatic rings. The first kappa shape index (κ1) is 11.8. The highest BCUT2D eigenvalue weighted by atomic mass is 15.4. The van der Waals surface area contributed by atoms with E-state index in [2.05, 4.69) is 20.7 Å². The molecule has 1 aromatic carbocycles. The summed E-state index contributed by atoms with van der Waals surface area (Å²) >= 11 is 0. The molecule has 0 radical (unpaired) electrons. The minimum atomic E-state index is -0.207. The third-order valence-corrected chi connectivity index (χ3v) is 3.07. The number of nitrogens with two attached hydrogens (primary N) is 1. The highest BCUT2D eigenvalue weighted by Crippen LogP contribution is 2.26. The molecular formula is C13H14N6. The van der Waals surface area contributed by atoms with Gasteiger partial charge in [-0.2, -0.15) is 0 Å². The van der Waals surface area contributed by atoms with Gasteiger partial charge in [0.25, 0.3) is 0 Å². The van der Waals surface area contributed by atoms with Crippen molar-refractivity contribution in [1.29, 1.82) is 0 Å². The molecular weight excluding hydrogens is 240 g/mol. The van der Waals surface area contributed by atoms with E-state index in [0.29, 0.717) is 0 Å². The van der Waals surface area contributed by atoms with E-state index < -0.39 is 0 Å². The zero-order chi connectivity index (χ0) is 13.2.